The van der Waals surface area contributed by atoms with Crippen LogP contribution in [0.25, 0.3) is 0 Å². The number of carbonyl (C=O) groups is 2. The maximum Gasteiger partial charge on any atom is 0.251 e. The Balaban J connectivity index is 0.00000242. The van der Waals surface area contributed by atoms with Gasteiger partial charge in [-0.15, -0.1) is 12.4 Å². The van der Waals surface area contributed by atoms with E-state index in [1.165, 1.54) is 19.3 Å². The van der Waals surface area contributed by atoms with Gasteiger partial charge in [0.2, 0.25) is 5.91 Å². The van der Waals surface area contributed by atoms with Crippen molar-refractivity contribution in [3.05, 3.63) is 29.8 Å². The lowest BCUT2D eigenvalue weighted by atomic mass is 9.95. The number of benzene rings is 1. The third-order valence-corrected chi connectivity index (χ3v) is 3.71. The second-order valence-electron chi connectivity index (χ2n) is 5.46. The molecule has 0 spiro atoms. The van der Waals surface area contributed by atoms with E-state index < -0.39 is 0 Å². The molecule has 0 aromatic heterocycles. The maximum atomic E-state index is 12.1. The number of amides is 2. The minimum atomic E-state index is -0.100. The van der Waals surface area contributed by atoms with Crippen molar-refractivity contribution >= 4 is 29.9 Å². The van der Waals surface area contributed by atoms with Gasteiger partial charge in [-0.05, 0) is 44.2 Å². The summed E-state index contributed by atoms with van der Waals surface area (Å²) in [6, 6.07) is 7.30. The van der Waals surface area contributed by atoms with Crippen LogP contribution in [0.5, 0.6) is 0 Å². The Kier molecular flexibility index (Phi) is 7.91. The van der Waals surface area contributed by atoms with Gasteiger partial charge >= 0.3 is 0 Å². The molecular formula is C16H24ClN3O2. The zero-order chi connectivity index (χ0) is 15.1. The van der Waals surface area contributed by atoms with Crippen LogP contribution in [0.3, 0.4) is 0 Å². The molecule has 1 aromatic carbocycles. The highest BCUT2D eigenvalue weighted by Gasteiger charge is 2.16. The van der Waals surface area contributed by atoms with Gasteiger partial charge in [0.15, 0.2) is 0 Å². The van der Waals surface area contributed by atoms with Crippen LogP contribution in [-0.4, -0.2) is 31.4 Å². The van der Waals surface area contributed by atoms with Crippen molar-refractivity contribution in [2.75, 3.05) is 18.9 Å². The van der Waals surface area contributed by atoms with Crippen LogP contribution in [0, 0.1) is 0 Å². The molecule has 122 valence electrons. The number of halogens is 1. The quantitative estimate of drug-likeness (QED) is 0.778. The lowest BCUT2D eigenvalue weighted by molar-refractivity contribution is -0.115. The molecule has 0 radical (unpaired) electrons. The molecule has 0 aliphatic heterocycles. The van der Waals surface area contributed by atoms with Crippen molar-refractivity contribution < 1.29 is 9.59 Å². The van der Waals surface area contributed by atoms with E-state index in [2.05, 4.69) is 16.0 Å². The maximum absolute atomic E-state index is 12.1. The van der Waals surface area contributed by atoms with Crippen LogP contribution in [-0.2, 0) is 4.79 Å². The molecule has 1 aromatic rings. The molecule has 2 rings (SSSR count). The lowest BCUT2D eigenvalue weighted by Crippen LogP contribution is -2.36. The van der Waals surface area contributed by atoms with Crippen LogP contribution in [0.4, 0.5) is 5.69 Å². The summed E-state index contributed by atoms with van der Waals surface area (Å²) in [6.45, 7) is 0.268. The van der Waals surface area contributed by atoms with Crippen LogP contribution in [0.2, 0.25) is 0 Å². The second-order valence-corrected chi connectivity index (χ2v) is 5.46. The largest absolute Gasteiger partial charge is 0.349 e. The molecule has 0 unspecified atom stereocenters. The fraction of sp³-hybridized carbons (Fsp3) is 0.500. The Labute approximate surface area is 137 Å². The molecule has 0 bridgehead atoms. The average Bonchev–Trinajstić information content (AvgIpc) is 2.49. The fourth-order valence-electron chi connectivity index (χ4n) is 2.59. The summed E-state index contributed by atoms with van der Waals surface area (Å²) >= 11 is 0. The van der Waals surface area contributed by atoms with E-state index in [1.807, 2.05) is 0 Å². The first-order valence-electron chi connectivity index (χ1n) is 7.54. The van der Waals surface area contributed by atoms with Crippen LogP contribution < -0.4 is 16.0 Å². The number of nitrogens with one attached hydrogen (secondary N) is 3. The summed E-state index contributed by atoms with van der Waals surface area (Å²) in [5, 5.41) is 8.62. The molecule has 1 fully saturated rings. The molecule has 1 aliphatic carbocycles. The van der Waals surface area contributed by atoms with Crippen molar-refractivity contribution in [1.82, 2.24) is 10.6 Å². The Morgan fingerprint density at radius 1 is 1.09 bits per heavy atom. The van der Waals surface area contributed by atoms with E-state index in [0.29, 0.717) is 17.3 Å². The third-order valence-electron chi connectivity index (χ3n) is 3.71. The number of rotatable bonds is 5. The van der Waals surface area contributed by atoms with Crippen LogP contribution in [0.15, 0.2) is 24.3 Å². The topological polar surface area (TPSA) is 70.2 Å². The van der Waals surface area contributed by atoms with Gasteiger partial charge in [0.25, 0.3) is 5.91 Å². The number of anilines is 1. The summed E-state index contributed by atoms with van der Waals surface area (Å²) in [5.74, 6) is -0.132. The fourth-order valence-corrected chi connectivity index (χ4v) is 2.59. The van der Waals surface area contributed by atoms with Crippen molar-refractivity contribution in [3.8, 4) is 0 Å². The normalized spacial score (nSPS) is 14.8. The zero-order valence-corrected chi connectivity index (χ0v) is 13.7. The highest BCUT2D eigenvalue weighted by Crippen LogP contribution is 2.18. The van der Waals surface area contributed by atoms with Gasteiger partial charge in [-0.3, -0.25) is 9.59 Å². The van der Waals surface area contributed by atoms with Gasteiger partial charge in [-0.25, -0.2) is 0 Å². The first kappa shape index (κ1) is 18.5. The van der Waals surface area contributed by atoms with E-state index in [-0.39, 0.29) is 30.8 Å². The predicted molar refractivity (Wildman–Crippen MR) is 90.6 cm³/mol. The van der Waals surface area contributed by atoms with E-state index in [4.69, 9.17) is 0 Å². The first-order valence-corrected chi connectivity index (χ1v) is 7.54. The van der Waals surface area contributed by atoms with E-state index in [9.17, 15) is 9.59 Å². The van der Waals surface area contributed by atoms with E-state index in [0.717, 1.165) is 12.8 Å². The summed E-state index contributed by atoms with van der Waals surface area (Å²) in [5.41, 5.74) is 1.33. The molecule has 22 heavy (non-hydrogen) atoms. The monoisotopic (exact) mass is 325 g/mol. The molecule has 1 aliphatic rings. The minimum absolute atomic E-state index is 0. The molecule has 5 nitrogen and oxygen atoms in total. The SMILES string of the molecule is CNCC(=O)Nc1ccc(C(=O)NC2CCCCC2)cc1.Cl. The van der Waals surface area contributed by atoms with Gasteiger partial charge < -0.3 is 16.0 Å². The molecule has 2 amide bonds. The molecule has 0 saturated heterocycles. The minimum Gasteiger partial charge on any atom is -0.349 e. The van der Waals surface area contributed by atoms with Gasteiger partial charge in [-0.1, -0.05) is 19.3 Å². The molecule has 0 atom stereocenters. The van der Waals surface area contributed by atoms with Crippen LogP contribution in [0.1, 0.15) is 42.5 Å². The predicted octanol–water partition coefficient (Wildman–Crippen LogP) is 2.33. The summed E-state index contributed by atoms with van der Waals surface area (Å²) < 4.78 is 0. The third kappa shape index (κ3) is 5.66. The smallest absolute Gasteiger partial charge is 0.251 e. The number of carbonyl (C=O) groups excluding carboxylic acids is 2. The van der Waals surface area contributed by atoms with Gasteiger partial charge in [0.05, 0.1) is 6.54 Å². The zero-order valence-electron chi connectivity index (χ0n) is 12.9. The molecule has 6 heteroatoms. The number of hydrogen-bond donors (Lipinski definition) is 3. The van der Waals surface area contributed by atoms with Crippen molar-refractivity contribution in [2.45, 2.75) is 38.1 Å². The highest BCUT2D eigenvalue weighted by molar-refractivity contribution is 5.96. The average molecular weight is 326 g/mol. The molecule has 1 saturated carbocycles. The highest BCUT2D eigenvalue weighted by atomic mass is 35.5. The summed E-state index contributed by atoms with van der Waals surface area (Å²) in [4.78, 5) is 23.6. The van der Waals surface area contributed by atoms with Crippen molar-refractivity contribution in [2.24, 2.45) is 0 Å². The van der Waals surface area contributed by atoms with E-state index in [1.54, 1.807) is 31.3 Å². The van der Waals surface area contributed by atoms with Gasteiger partial charge in [0.1, 0.15) is 0 Å². The second kappa shape index (κ2) is 9.43. The number of likely N-dealkylation sites (N-methyl/N-ethyl adjacent to an activating group) is 1. The van der Waals surface area contributed by atoms with Crippen molar-refractivity contribution in [3.63, 3.8) is 0 Å². The summed E-state index contributed by atoms with van der Waals surface area (Å²) in [6.07, 6.45) is 5.81. The first-order chi connectivity index (χ1) is 10.2. The van der Waals surface area contributed by atoms with Gasteiger partial charge in [0, 0.05) is 17.3 Å². The molecule has 0 heterocycles. The lowest BCUT2D eigenvalue weighted by Gasteiger charge is -2.22. The van der Waals surface area contributed by atoms with Gasteiger partial charge in [-0.2, -0.15) is 0 Å². The molecule has 3 N–H and O–H groups in total. The van der Waals surface area contributed by atoms with Crippen LogP contribution >= 0.6 is 12.4 Å². The molecular weight excluding hydrogens is 302 g/mol. The standard InChI is InChI=1S/C16H23N3O2.ClH/c1-17-11-15(20)18-14-9-7-12(8-10-14)16(21)19-13-5-3-2-4-6-13;/h7-10,13,17H,2-6,11H2,1H3,(H,18,20)(H,19,21);1H. The van der Waals surface area contributed by atoms with Crippen molar-refractivity contribution in [1.29, 1.82) is 0 Å². The Morgan fingerprint density at radius 2 is 1.73 bits per heavy atom. The number of hydrogen-bond acceptors (Lipinski definition) is 3. The Hall–Kier alpha value is -1.59. The Morgan fingerprint density at radius 3 is 2.32 bits per heavy atom. The summed E-state index contributed by atoms with van der Waals surface area (Å²) in [7, 11) is 1.72. The Bertz CT molecular complexity index is 485. The van der Waals surface area contributed by atoms with E-state index >= 15 is 0 Å².